The summed E-state index contributed by atoms with van der Waals surface area (Å²) in [4.78, 5) is 4.01. The van der Waals surface area contributed by atoms with E-state index >= 15 is 0 Å². The molecule has 0 aromatic carbocycles. The van der Waals surface area contributed by atoms with Crippen LogP contribution in [0.15, 0.2) is 12.1 Å². The van der Waals surface area contributed by atoms with Gasteiger partial charge in [-0.1, -0.05) is 0 Å². The molecule has 1 aromatic heterocycles. The van der Waals surface area contributed by atoms with Crippen molar-refractivity contribution in [2.45, 2.75) is 6.92 Å². The number of hydrogen-bond donors (Lipinski definition) is 1. The zero-order chi connectivity index (χ0) is 8.97. The van der Waals surface area contributed by atoms with Gasteiger partial charge < -0.3 is 15.2 Å². The van der Waals surface area contributed by atoms with Gasteiger partial charge in [-0.2, -0.15) is 4.98 Å². The van der Waals surface area contributed by atoms with Crippen LogP contribution < -0.4 is 15.2 Å². The second-order valence-corrected chi connectivity index (χ2v) is 2.18. The summed E-state index contributed by atoms with van der Waals surface area (Å²) in [6, 6.07) is 3.41. The molecule has 0 spiro atoms. The molecular weight excluding hydrogens is 156 g/mol. The molecule has 0 aliphatic heterocycles. The molecule has 0 atom stereocenters. The Morgan fingerprint density at radius 2 is 2.25 bits per heavy atom. The Balaban J connectivity index is 2.89. The van der Waals surface area contributed by atoms with Crippen LogP contribution in [0.3, 0.4) is 0 Å². The van der Waals surface area contributed by atoms with Crippen LogP contribution in [0.5, 0.6) is 11.8 Å². The van der Waals surface area contributed by atoms with E-state index in [0.29, 0.717) is 24.1 Å². The smallest absolute Gasteiger partial charge is 0.240 e. The molecule has 1 heterocycles. The van der Waals surface area contributed by atoms with E-state index in [1.165, 1.54) is 7.11 Å². The van der Waals surface area contributed by atoms with Crippen LogP contribution in [-0.4, -0.2) is 18.7 Å². The van der Waals surface area contributed by atoms with E-state index < -0.39 is 0 Å². The second kappa shape index (κ2) is 3.80. The molecular formula is C8H12N2O2. The third-order valence-electron chi connectivity index (χ3n) is 1.35. The minimum Gasteiger partial charge on any atom is -0.479 e. The van der Waals surface area contributed by atoms with Crippen LogP contribution >= 0.6 is 0 Å². The molecule has 0 fully saturated rings. The zero-order valence-electron chi connectivity index (χ0n) is 7.20. The van der Waals surface area contributed by atoms with E-state index in [2.05, 4.69) is 4.98 Å². The predicted octanol–water partition coefficient (Wildman–Crippen LogP) is 1.07. The Labute approximate surface area is 71.3 Å². The van der Waals surface area contributed by atoms with Crippen molar-refractivity contribution in [2.24, 2.45) is 0 Å². The van der Waals surface area contributed by atoms with E-state index in [1.54, 1.807) is 12.1 Å². The summed E-state index contributed by atoms with van der Waals surface area (Å²) in [5.41, 5.74) is 6.07. The first-order chi connectivity index (χ1) is 5.77. The molecule has 0 amide bonds. The molecule has 4 nitrogen and oxygen atoms in total. The summed E-state index contributed by atoms with van der Waals surface area (Å²) in [6.07, 6.45) is 0. The van der Waals surface area contributed by atoms with Gasteiger partial charge in [0.2, 0.25) is 11.8 Å². The van der Waals surface area contributed by atoms with E-state index in [4.69, 9.17) is 15.2 Å². The summed E-state index contributed by atoms with van der Waals surface area (Å²) in [5, 5.41) is 0. The quantitative estimate of drug-likeness (QED) is 0.733. The van der Waals surface area contributed by atoms with Gasteiger partial charge in [-0.25, -0.2) is 0 Å². The van der Waals surface area contributed by atoms with Crippen LogP contribution in [0.25, 0.3) is 0 Å². The van der Waals surface area contributed by atoms with E-state index in [1.807, 2.05) is 6.92 Å². The Kier molecular flexibility index (Phi) is 2.74. The molecule has 2 N–H and O–H groups in total. The maximum atomic E-state index is 5.55. The summed E-state index contributed by atoms with van der Waals surface area (Å²) < 4.78 is 10.1. The Bertz CT molecular complexity index is 263. The fourth-order valence-corrected chi connectivity index (χ4v) is 0.826. The van der Waals surface area contributed by atoms with Gasteiger partial charge in [0.05, 0.1) is 19.4 Å². The summed E-state index contributed by atoms with van der Waals surface area (Å²) in [5.74, 6) is 0.935. The molecule has 0 aliphatic rings. The lowest BCUT2D eigenvalue weighted by atomic mass is 10.4. The van der Waals surface area contributed by atoms with Crippen LogP contribution in [0.4, 0.5) is 5.69 Å². The minimum atomic E-state index is 0.404. The third-order valence-corrected chi connectivity index (χ3v) is 1.35. The van der Waals surface area contributed by atoms with Crippen LogP contribution in [0, 0.1) is 0 Å². The molecule has 66 valence electrons. The number of pyridine rings is 1. The number of aromatic nitrogens is 1. The monoisotopic (exact) mass is 168 g/mol. The Morgan fingerprint density at radius 3 is 2.83 bits per heavy atom. The molecule has 0 saturated heterocycles. The predicted molar refractivity (Wildman–Crippen MR) is 46.4 cm³/mol. The SMILES string of the molecule is CCOc1ccc(N)c(OC)n1. The average molecular weight is 168 g/mol. The largest absolute Gasteiger partial charge is 0.479 e. The minimum absolute atomic E-state index is 0.404. The lowest BCUT2D eigenvalue weighted by Gasteiger charge is -2.05. The van der Waals surface area contributed by atoms with Gasteiger partial charge in [0.1, 0.15) is 0 Å². The highest BCUT2D eigenvalue weighted by Gasteiger charge is 2.01. The number of nitrogens with two attached hydrogens (primary N) is 1. The number of nitrogens with zero attached hydrogens (tertiary/aromatic N) is 1. The van der Waals surface area contributed by atoms with Gasteiger partial charge in [0.25, 0.3) is 0 Å². The normalized spacial score (nSPS) is 9.50. The Hall–Kier alpha value is -1.45. The maximum absolute atomic E-state index is 5.55. The highest BCUT2D eigenvalue weighted by molar-refractivity contribution is 5.49. The fourth-order valence-electron chi connectivity index (χ4n) is 0.826. The molecule has 0 aliphatic carbocycles. The molecule has 1 aromatic rings. The fraction of sp³-hybridized carbons (Fsp3) is 0.375. The van der Waals surface area contributed by atoms with E-state index in [0.717, 1.165) is 0 Å². The maximum Gasteiger partial charge on any atom is 0.240 e. The first-order valence-corrected chi connectivity index (χ1v) is 3.71. The standard InChI is InChI=1S/C8H12N2O2/c1-3-12-7-5-4-6(9)8(10-7)11-2/h4-5H,3,9H2,1-2H3. The summed E-state index contributed by atoms with van der Waals surface area (Å²) in [7, 11) is 1.52. The number of rotatable bonds is 3. The van der Waals surface area contributed by atoms with E-state index in [9.17, 15) is 0 Å². The van der Waals surface area contributed by atoms with Crippen molar-refractivity contribution in [1.29, 1.82) is 0 Å². The third kappa shape index (κ3) is 1.78. The second-order valence-electron chi connectivity index (χ2n) is 2.18. The lowest BCUT2D eigenvalue weighted by Crippen LogP contribution is -1.99. The molecule has 0 bridgehead atoms. The summed E-state index contributed by atoms with van der Waals surface area (Å²) >= 11 is 0. The number of ether oxygens (including phenoxy) is 2. The number of methoxy groups -OCH3 is 1. The first kappa shape index (κ1) is 8.64. The van der Waals surface area contributed by atoms with Gasteiger partial charge in [-0.15, -0.1) is 0 Å². The van der Waals surface area contributed by atoms with E-state index in [-0.39, 0.29) is 0 Å². The molecule has 0 unspecified atom stereocenters. The average Bonchev–Trinajstić information content (AvgIpc) is 2.09. The van der Waals surface area contributed by atoms with Crippen molar-refractivity contribution in [2.75, 3.05) is 19.5 Å². The van der Waals surface area contributed by atoms with Gasteiger partial charge in [0.15, 0.2) is 0 Å². The summed E-state index contributed by atoms with van der Waals surface area (Å²) in [6.45, 7) is 2.48. The molecule has 4 heteroatoms. The van der Waals surface area contributed by atoms with Gasteiger partial charge in [-0.05, 0) is 13.0 Å². The molecule has 0 saturated carbocycles. The van der Waals surface area contributed by atoms with Gasteiger partial charge in [0, 0.05) is 6.07 Å². The highest BCUT2D eigenvalue weighted by atomic mass is 16.5. The van der Waals surface area contributed by atoms with Crippen molar-refractivity contribution < 1.29 is 9.47 Å². The van der Waals surface area contributed by atoms with Crippen LogP contribution in [-0.2, 0) is 0 Å². The highest BCUT2D eigenvalue weighted by Crippen LogP contribution is 2.21. The number of anilines is 1. The van der Waals surface area contributed by atoms with Crippen molar-refractivity contribution in [3.05, 3.63) is 12.1 Å². The van der Waals surface area contributed by atoms with Crippen LogP contribution in [0.2, 0.25) is 0 Å². The Morgan fingerprint density at radius 1 is 1.50 bits per heavy atom. The van der Waals surface area contributed by atoms with Crippen molar-refractivity contribution in [3.8, 4) is 11.8 Å². The van der Waals surface area contributed by atoms with Crippen LogP contribution in [0.1, 0.15) is 6.92 Å². The van der Waals surface area contributed by atoms with Gasteiger partial charge in [-0.3, -0.25) is 0 Å². The lowest BCUT2D eigenvalue weighted by molar-refractivity contribution is 0.317. The number of hydrogen-bond acceptors (Lipinski definition) is 4. The molecule has 1 rings (SSSR count). The first-order valence-electron chi connectivity index (χ1n) is 3.71. The van der Waals surface area contributed by atoms with Crippen molar-refractivity contribution >= 4 is 5.69 Å². The van der Waals surface area contributed by atoms with Gasteiger partial charge >= 0.3 is 0 Å². The number of nitrogen functional groups attached to an aromatic ring is 1. The molecule has 12 heavy (non-hydrogen) atoms. The van der Waals surface area contributed by atoms with Crippen molar-refractivity contribution in [3.63, 3.8) is 0 Å². The zero-order valence-corrected chi connectivity index (χ0v) is 7.20. The topological polar surface area (TPSA) is 57.4 Å². The van der Waals surface area contributed by atoms with Crippen molar-refractivity contribution in [1.82, 2.24) is 4.98 Å². The molecule has 0 radical (unpaired) electrons.